The van der Waals surface area contributed by atoms with Crippen molar-refractivity contribution in [1.82, 2.24) is 0 Å². The fourth-order valence-corrected chi connectivity index (χ4v) is 2.61. The van der Waals surface area contributed by atoms with Crippen molar-refractivity contribution in [2.75, 3.05) is 11.1 Å². The molecule has 2 aromatic carbocycles. The molecule has 0 fully saturated rings. The molecule has 0 spiro atoms. The van der Waals surface area contributed by atoms with Crippen molar-refractivity contribution in [2.24, 2.45) is 5.73 Å². The molecular formula is C15H13N3O4S. The van der Waals surface area contributed by atoms with Crippen LogP contribution in [0.25, 0.3) is 0 Å². The van der Waals surface area contributed by atoms with Gasteiger partial charge in [0.25, 0.3) is 11.6 Å². The van der Waals surface area contributed by atoms with Gasteiger partial charge in [0.15, 0.2) is 0 Å². The number of rotatable bonds is 6. The minimum Gasteiger partial charge on any atom is -0.369 e. The van der Waals surface area contributed by atoms with Crippen LogP contribution in [0.3, 0.4) is 0 Å². The lowest BCUT2D eigenvalue weighted by atomic mass is 10.2. The number of thioether (sulfide) groups is 1. The number of nitrogens with two attached hydrogens (primary N) is 1. The zero-order valence-electron chi connectivity index (χ0n) is 11.9. The summed E-state index contributed by atoms with van der Waals surface area (Å²) >= 11 is 1.16. The summed E-state index contributed by atoms with van der Waals surface area (Å²) in [5.74, 6) is -0.844. The Morgan fingerprint density at radius 2 is 1.91 bits per heavy atom. The lowest BCUT2D eigenvalue weighted by Crippen LogP contribution is -2.15. The first-order chi connectivity index (χ1) is 11.0. The zero-order chi connectivity index (χ0) is 16.8. The Morgan fingerprint density at radius 3 is 2.61 bits per heavy atom. The first-order valence-corrected chi connectivity index (χ1v) is 7.52. The Labute approximate surface area is 136 Å². The van der Waals surface area contributed by atoms with E-state index in [9.17, 15) is 19.7 Å². The Balaban J connectivity index is 2.19. The van der Waals surface area contributed by atoms with Crippen LogP contribution in [0.15, 0.2) is 53.4 Å². The van der Waals surface area contributed by atoms with Crippen LogP contribution in [0, 0.1) is 10.1 Å². The Hall–Kier alpha value is -2.87. The van der Waals surface area contributed by atoms with Crippen LogP contribution in [0.2, 0.25) is 0 Å². The monoisotopic (exact) mass is 331 g/mol. The molecular weight excluding hydrogens is 318 g/mol. The summed E-state index contributed by atoms with van der Waals surface area (Å²) < 4.78 is 0. The molecule has 2 aromatic rings. The van der Waals surface area contributed by atoms with Crippen LogP contribution < -0.4 is 11.1 Å². The topological polar surface area (TPSA) is 115 Å². The summed E-state index contributed by atoms with van der Waals surface area (Å²) in [6.07, 6.45) is 0. The molecule has 0 saturated heterocycles. The molecule has 118 valence electrons. The van der Waals surface area contributed by atoms with E-state index in [0.29, 0.717) is 16.1 Å². The molecule has 0 aliphatic rings. The number of benzene rings is 2. The zero-order valence-corrected chi connectivity index (χ0v) is 12.7. The number of nitro groups is 1. The smallest absolute Gasteiger partial charge is 0.271 e. The summed E-state index contributed by atoms with van der Waals surface area (Å²) in [7, 11) is 0. The highest BCUT2D eigenvalue weighted by molar-refractivity contribution is 8.00. The Morgan fingerprint density at radius 1 is 1.17 bits per heavy atom. The van der Waals surface area contributed by atoms with Crippen molar-refractivity contribution in [2.45, 2.75) is 4.90 Å². The molecule has 23 heavy (non-hydrogen) atoms. The number of carbonyl (C=O) groups is 2. The number of nitro benzene ring substituents is 1. The predicted molar refractivity (Wildman–Crippen MR) is 87.4 cm³/mol. The summed E-state index contributed by atoms with van der Waals surface area (Å²) in [6.45, 7) is 0. The number of carbonyl (C=O) groups excluding carboxylic acids is 2. The molecule has 0 unspecified atom stereocenters. The van der Waals surface area contributed by atoms with Crippen LogP contribution in [-0.4, -0.2) is 22.5 Å². The lowest BCUT2D eigenvalue weighted by Gasteiger charge is -2.09. The van der Waals surface area contributed by atoms with Gasteiger partial charge in [-0.05, 0) is 18.2 Å². The molecule has 2 amide bonds. The van der Waals surface area contributed by atoms with Gasteiger partial charge in [-0.15, -0.1) is 11.8 Å². The quantitative estimate of drug-likeness (QED) is 0.479. The van der Waals surface area contributed by atoms with Gasteiger partial charge in [0.1, 0.15) is 0 Å². The van der Waals surface area contributed by atoms with Gasteiger partial charge in [-0.25, -0.2) is 0 Å². The highest BCUT2D eigenvalue weighted by Gasteiger charge is 2.14. The molecule has 3 N–H and O–H groups in total. The molecule has 0 aliphatic carbocycles. The number of anilines is 1. The molecule has 7 nitrogen and oxygen atoms in total. The number of non-ortho nitro benzene ring substituents is 1. The minimum atomic E-state index is -0.535. The highest BCUT2D eigenvalue weighted by atomic mass is 32.2. The number of amides is 2. The van der Waals surface area contributed by atoms with Crippen LogP contribution in [0.4, 0.5) is 11.4 Å². The van der Waals surface area contributed by atoms with Gasteiger partial charge in [0.2, 0.25) is 5.91 Å². The van der Waals surface area contributed by atoms with Gasteiger partial charge in [-0.2, -0.15) is 0 Å². The average Bonchev–Trinajstić information content (AvgIpc) is 2.53. The van der Waals surface area contributed by atoms with Crippen molar-refractivity contribution >= 4 is 35.0 Å². The molecule has 8 heteroatoms. The summed E-state index contributed by atoms with van der Waals surface area (Å²) in [6, 6.07) is 12.4. The maximum absolute atomic E-state index is 12.4. The highest BCUT2D eigenvalue weighted by Crippen LogP contribution is 2.24. The summed E-state index contributed by atoms with van der Waals surface area (Å²) in [5, 5.41) is 13.4. The third-order valence-electron chi connectivity index (χ3n) is 2.82. The third kappa shape index (κ3) is 4.55. The molecule has 0 atom stereocenters. The minimum absolute atomic E-state index is 0.0566. The van der Waals surface area contributed by atoms with Gasteiger partial charge in [0, 0.05) is 22.7 Å². The first-order valence-electron chi connectivity index (χ1n) is 6.53. The summed E-state index contributed by atoms with van der Waals surface area (Å²) in [5.41, 5.74) is 5.68. The van der Waals surface area contributed by atoms with Crippen molar-refractivity contribution < 1.29 is 14.5 Å². The number of hydrogen-bond donors (Lipinski definition) is 2. The molecule has 0 bridgehead atoms. The van der Waals surface area contributed by atoms with Gasteiger partial charge in [-0.3, -0.25) is 19.7 Å². The van der Waals surface area contributed by atoms with Gasteiger partial charge in [0.05, 0.1) is 16.2 Å². The van der Waals surface area contributed by atoms with Crippen molar-refractivity contribution in [1.29, 1.82) is 0 Å². The second-order valence-corrected chi connectivity index (χ2v) is 5.53. The Bertz CT molecular complexity index is 764. The molecule has 2 rings (SSSR count). The van der Waals surface area contributed by atoms with Crippen LogP contribution in [0.1, 0.15) is 10.4 Å². The van der Waals surface area contributed by atoms with Crippen molar-refractivity contribution in [3.05, 3.63) is 64.2 Å². The standard InChI is InChI=1S/C15H13N3O4S/c16-14(19)9-23-13-7-2-1-6-12(13)15(20)17-10-4-3-5-11(8-10)18(21)22/h1-8H,9H2,(H2,16,19)(H,17,20). The second-order valence-electron chi connectivity index (χ2n) is 4.51. The van der Waals surface area contributed by atoms with Crippen molar-refractivity contribution in [3.8, 4) is 0 Å². The number of nitrogens with zero attached hydrogens (tertiary/aromatic N) is 1. The van der Waals surface area contributed by atoms with E-state index in [2.05, 4.69) is 5.32 Å². The van der Waals surface area contributed by atoms with E-state index < -0.39 is 16.7 Å². The maximum Gasteiger partial charge on any atom is 0.271 e. The molecule has 0 saturated carbocycles. The van der Waals surface area contributed by atoms with Gasteiger partial charge in [-0.1, -0.05) is 18.2 Å². The van der Waals surface area contributed by atoms with E-state index in [1.54, 1.807) is 30.3 Å². The number of hydrogen-bond acceptors (Lipinski definition) is 5. The fourth-order valence-electron chi connectivity index (χ4n) is 1.82. The van der Waals surface area contributed by atoms with E-state index >= 15 is 0 Å². The molecule has 0 aromatic heterocycles. The Kier molecular flexibility index (Phi) is 5.32. The fraction of sp³-hybridized carbons (Fsp3) is 0.0667. The van der Waals surface area contributed by atoms with Crippen LogP contribution >= 0.6 is 11.8 Å². The second kappa shape index (κ2) is 7.41. The lowest BCUT2D eigenvalue weighted by molar-refractivity contribution is -0.384. The van der Waals surface area contributed by atoms with E-state index in [0.717, 1.165) is 11.8 Å². The largest absolute Gasteiger partial charge is 0.369 e. The number of primary amides is 1. The van der Waals surface area contributed by atoms with Crippen molar-refractivity contribution in [3.63, 3.8) is 0 Å². The maximum atomic E-state index is 12.4. The SMILES string of the molecule is NC(=O)CSc1ccccc1C(=O)Nc1cccc([N+](=O)[O-])c1. The van der Waals surface area contributed by atoms with Gasteiger partial charge >= 0.3 is 0 Å². The summed E-state index contributed by atoms with van der Waals surface area (Å²) in [4.78, 5) is 34.1. The van der Waals surface area contributed by atoms with Gasteiger partial charge < -0.3 is 11.1 Å². The van der Waals surface area contributed by atoms with E-state index in [4.69, 9.17) is 5.73 Å². The molecule has 0 heterocycles. The van der Waals surface area contributed by atoms with E-state index in [1.807, 2.05) is 0 Å². The normalized spacial score (nSPS) is 10.1. The van der Waals surface area contributed by atoms with Crippen LogP contribution in [-0.2, 0) is 4.79 Å². The predicted octanol–water partition coefficient (Wildman–Crippen LogP) is 2.42. The average molecular weight is 331 g/mol. The van der Waals surface area contributed by atoms with Crippen LogP contribution in [0.5, 0.6) is 0 Å². The molecule has 0 radical (unpaired) electrons. The molecule has 0 aliphatic heterocycles. The first kappa shape index (κ1) is 16.5. The van der Waals surface area contributed by atoms with E-state index in [-0.39, 0.29) is 11.4 Å². The van der Waals surface area contributed by atoms with E-state index in [1.165, 1.54) is 18.2 Å². The third-order valence-corrected chi connectivity index (χ3v) is 3.91. The number of nitrogens with one attached hydrogen (secondary N) is 1.